The fourth-order valence-electron chi connectivity index (χ4n) is 2.25. The van der Waals surface area contributed by atoms with E-state index >= 15 is 0 Å². The van der Waals surface area contributed by atoms with Crippen LogP contribution in [-0.4, -0.2) is 38.7 Å². The molecule has 1 aliphatic carbocycles. The van der Waals surface area contributed by atoms with Gasteiger partial charge in [-0.1, -0.05) is 13.8 Å². The number of benzene rings is 1. The summed E-state index contributed by atoms with van der Waals surface area (Å²) >= 11 is 0. The highest BCUT2D eigenvalue weighted by Crippen LogP contribution is 2.41. The van der Waals surface area contributed by atoms with E-state index in [4.69, 9.17) is 0 Å². The second-order valence-corrected chi connectivity index (χ2v) is 7.48. The molecule has 116 valence electrons. The smallest absolute Gasteiger partial charge is 0.337 e. The van der Waals surface area contributed by atoms with Gasteiger partial charge in [0.1, 0.15) is 0 Å². The first kappa shape index (κ1) is 15.9. The molecular weight excluding hydrogens is 294 g/mol. The van der Waals surface area contributed by atoms with Gasteiger partial charge in [0, 0.05) is 11.5 Å². The van der Waals surface area contributed by atoms with Crippen LogP contribution in [0, 0.1) is 5.41 Å². The molecule has 0 aliphatic heterocycles. The molecule has 0 spiro atoms. The first-order chi connectivity index (χ1) is 9.68. The molecule has 0 heterocycles. The molecule has 1 aliphatic rings. The van der Waals surface area contributed by atoms with Gasteiger partial charge in [0.2, 0.25) is 10.0 Å². The molecule has 7 heteroatoms. The maximum Gasteiger partial charge on any atom is 0.337 e. The van der Waals surface area contributed by atoms with E-state index < -0.39 is 27.5 Å². The van der Waals surface area contributed by atoms with Gasteiger partial charge in [-0.15, -0.1) is 0 Å². The number of methoxy groups -OCH3 is 1. The Morgan fingerprint density at radius 1 is 1.33 bits per heavy atom. The van der Waals surface area contributed by atoms with E-state index in [1.54, 1.807) is 0 Å². The van der Waals surface area contributed by atoms with E-state index in [-0.39, 0.29) is 16.5 Å². The molecule has 0 amide bonds. The molecule has 2 unspecified atom stereocenters. The standard InChI is InChI=1S/C14H19NO5S/c1-14(2)11(8-12(14)16)15-21(18,19)10-6-4-9(5-7-10)13(17)20-3/h4-7,11-12,15-16H,8H2,1-3H3. The van der Waals surface area contributed by atoms with Gasteiger partial charge in [-0.2, -0.15) is 0 Å². The summed E-state index contributed by atoms with van der Waals surface area (Å²) in [6.45, 7) is 3.63. The summed E-state index contributed by atoms with van der Waals surface area (Å²) in [5.74, 6) is -0.518. The van der Waals surface area contributed by atoms with Crippen LogP contribution in [0.25, 0.3) is 0 Å². The average molecular weight is 313 g/mol. The Morgan fingerprint density at radius 3 is 2.33 bits per heavy atom. The zero-order valence-electron chi connectivity index (χ0n) is 12.2. The zero-order valence-corrected chi connectivity index (χ0v) is 13.0. The Bertz CT molecular complexity index is 636. The number of aliphatic hydroxyl groups excluding tert-OH is 1. The highest BCUT2D eigenvalue weighted by molar-refractivity contribution is 7.89. The van der Waals surface area contributed by atoms with Gasteiger partial charge < -0.3 is 9.84 Å². The number of sulfonamides is 1. The third kappa shape index (κ3) is 2.95. The van der Waals surface area contributed by atoms with Crippen molar-refractivity contribution in [1.29, 1.82) is 0 Å². The maximum absolute atomic E-state index is 12.3. The molecule has 0 bridgehead atoms. The summed E-state index contributed by atoms with van der Waals surface area (Å²) in [7, 11) is -2.41. The minimum absolute atomic E-state index is 0.0762. The molecule has 2 rings (SSSR count). The number of carbonyl (C=O) groups is 1. The summed E-state index contributed by atoms with van der Waals surface area (Å²) in [5.41, 5.74) is -0.199. The largest absolute Gasteiger partial charge is 0.465 e. The minimum atomic E-state index is -3.68. The SMILES string of the molecule is COC(=O)c1ccc(S(=O)(=O)NC2CC(O)C2(C)C)cc1. The predicted octanol–water partition coefficient (Wildman–Crippen LogP) is 0.911. The molecule has 1 aromatic carbocycles. The van der Waals surface area contributed by atoms with Crippen LogP contribution in [-0.2, 0) is 14.8 Å². The lowest BCUT2D eigenvalue weighted by Crippen LogP contribution is -2.61. The first-order valence-corrected chi connectivity index (χ1v) is 8.05. The Kier molecular flexibility index (Phi) is 4.10. The monoisotopic (exact) mass is 313 g/mol. The number of aliphatic hydroxyl groups is 1. The van der Waals surface area contributed by atoms with Crippen LogP contribution in [0.15, 0.2) is 29.2 Å². The van der Waals surface area contributed by atoms with Gasteiger partial charge in [-0.25, -0.2) is 17.9 Å². The molecule has 6 nitrogen and oxygen atoms in total. The summed E-state index contributed by atoms with van der Waals surface area (Å²) < 4.78 is 31.7. The van der Waals surface area contributed by atoms with E-state index in [0.29, 0.717) is 6.42 Å². The lowest BCUT2D eigenvalue weighted by Gasteiger charge is -2.49. The van der Waals surface area contributed by atoms with E-state index in [9.17, 15) is 18.3 Å². The van der Waals surface area contributed by atoms with Gasteiger partial charge in [0.15, 0.2) is 0 Å². The Balaban J connectivity index is 2.15. The molecule has 2 N–H and O–H groups in total. The van der Waals surface area contributed by atoms with Gasteiger partial charge >= 0.3 is 5.97 Å². The van der Waals surface area contributed by atoms with Crippen molar-refractivity contribution in [3.8, 4) is 0 Å². The number of hydrogen-bond donors (Lipinski definition) is 2. The van der Waals surface area contributed by atoms with Crippen LogP contribution >= 0.6 is 0 Å². The Hall–Kier alpha value is -1.44. The van der Waals surface area contributed by atoms with Crippen LogP contribution in [0.1, 0.15) is 30.6 Å². The van der Waals surface area contributed by atoms with Crippen molar-refractivity contribution in [2.45, 2.75) is 37.3 Å². The zero-order chi connectivity index (χ0) is 15.8. The summed E-state index contributed by atoms with van der Waals surface area (Å²) in [4.78, 5) is 11.4. The molecule has 2 atom stereocenters. The molecular formula is C14H19NO5S. The van der Waals surface area contributed by atoms with Crippen molar-refractivity contribution < 1.29 is 23.1 Å². The van der Waals surface area contributed by atoms with E-state index in [0.717, 1.165) is 0 Å². The average Bonchev–Trinajstić information content (AvgIpc) is 2.46. The highest BCUT2D eigenvalue weighted by atomic mass is 32.2. The second kappa shape index (κ2) is 5.40. The van der Waals surface area contributed by atoms with Gasteiger partial charge in [-0.3, -0.25) is 0 Å². The summed E-state index contributed by atoms with van der Waals surface area (Å²) in [5, 5.41) is 9.65. The number of rotatable bonds is 4. The van der Waals surface area contributed by atoms with Crippen molar-refractivity contribution in [2.75, 3.05) is 7.11 Å². The Labute approximate surface area is 124 Å². The van der Waals surface area contributed by atoms with E-state index in [1.165, 1.54) is 31.4 Å². The van der Waals surface area contributed by atoms with Crippen LogP contribution in [0.3, 0.4) is 0 Å². The van der Waals surface area contributed by atoms with Gasteiger partial charge in [-0.05, 0) is 30.7 Å². The highest BCUT2D eigenvalue weighted by Gasteiger charge is 2.48. The van der Waals surface area contributed by atoms with Gasteiger partial charge in [0.05, 0.1) is 23.7 Å². The number of esters is 1. The molecule has 0 radical (unpaired) electrons. The second-order valence-electron chi connectivity index (χ2n) is 5.76. The fraction of sp³-hybridized carbons (Fsp3) is 0.500. The lowest BCUT2D eigenvalue weighted by molar-refractivity contribution is -0.0645. The van der Waals surface area contributed by atoms with Crippen LogP contribution in [0.5, 0.6) is 0 Å². The van der Waals surface area contributed by atoms with E-state index in [2.05, 4.69) is 9.46 Å². The van der Waals surface area contributed by atoms with Crippen molar-refractivity contribution in [1.82, 2.24) is 4.72 Å². The van der Waals surface area contributed by atoms with Crippen molar-refractivity contribution >= 4 is 16.0 Å². The predicted molar refractivity (Wildman–Crippen MR) is 76.3 cm³/mol. The minimum Gasteiger partial charge on any atom is -0.465 e. The third-order valence-corrected chi connectivity index (χ3v) is 5.59. The lowest BCUT2D eigenvalue weighted by atomic mass is 9.65. The molecule has 1 fully saturated rings. The molecule has 1 aromatic rings. The topological polar surface area (TPSA) is 92.7 Å². The first-order valence-electron chi connectivity index (χ1n) is 6.57. The number of hydrogen-bond acceptors (Lipinski definition) is 5. The Morgan fingerprint density at radius 2 is 1.90 bits per heavy atom. The molecule has 1 saturated carbocycles. The summed E-state index contributed by atoms with van der Waals surface area (Å²) in [6.07, 6.45) is -0.112. The van der Waals surface area contributed by atoms with Crippen LogP contribution in [0.2, 0.25) is 0 Å². The van der Waals surface area contributed by atoms with Crippen molar-refractivity contribution in [2.24, 2.45) is 5.41 Å². The quantitative estimate of drug-likeness (QED) is 0.806. The van der Waals surface area contributed by atoms with Gasteiger partial charge in [0.25, 0.3) is 0 Å². The maximum atomic E-state index is 12.3. The summed E-state index contributed by atoms with van der Waals surface area (Å²) in [6, 6.07) is 5.22. The van der Waals surface area contributed by atoms with Crippen molar-refractivity contribution in [3.63, 3.8) is 0 Å². The van der Waals surface area contributed by atoms with Crippen LogP contribution < -0.4 is 4.72 Å². The molecule has 0 saturated heterocycles. The van der Waals surface area contributed by atoms with E-state index in [1.807, 2.05) is 13.8 Å². The number of ether oxygens (including phenoxy) is 1. The van der Waals surface area contributed by atoms with Crippen LogP contribution in [0.4, 0.5) is 0 Å². The molecule has 0 aromatic heterocycles. The normalized spacial score (nSPS) is 24.2. The number of carbonyl (C=O) groups excluding carboxylic acids is 1. The third-order valence-electron chi connectivity index (χ3n) is 4.10. The molecule has 21 heavy (non-hydrogen) atoms. The number of nitrogens with one attached hydrogen (secondary N) is 1. The fourth-order valence-corrected chi connectivity index (χ4v) is 3.65. The van der Waals surface area contributed by atoms with Crippen molar-refractivity contribution in [3.05, 3.63) is 29.8 Å².